The number of carbonyl (C=O) groups is 1. The lowest BCUT2D eigenvalue weighted by atomic mass is 10.2. The van der Waals surface area contributed by atoms with Gasteiger partial charge >= 0.3 is 5.97 Å². The van der Waals surface area contributed by atoms with Crippen LogP contribution in [-0.4, -0.2) is 47.2 Å². The Morgan fingerprint density at radius 3 is 2.56 bits per heavy atom. The van der Waals surface area contributed by atoms with Crippen molar-refractivity contribution in [2.24, 2.45) is 0 Å². The third-order valence-corrected chi connectivity index (χ3v) is 5.13. The first-order valence-electron chi connectivity index (χ1n) is 12.0. The van der Waals surface area contributed by atoms with Crippen LogP contribution in [0.3, 0.4) is 0 Å². The highest BCUT2D eigenvalue weighted by Crippen LogP contribution is 2.25. The lowest BCUT2D eigenvalue weighted by molar-refractivity contribution is -0.0245. The van der Waals surface area contributed by atoms with Crippen LogP contribution in [0.2, 0.25) is 0 Å². The summed E-state index contributed by atoms with van der Waals surface area (Å²) in [7, 11) is 0. The highest BCUT2D eigenvalue weighted by molar-refractivity contribution is 5.89. The lowest BCUT2D eigenvalue weighted by Crippen LogP contribution is -2.15. The number of unbranched alkanes of at least 4 members (excludes halogenated alkanes) is 1. The molecule has 0 radical (unpaired) electrons. The number of ether oxygens (including phenoxy) is 5. The number of aromatic amines is 1. The molecule has 1 N–H and O–H groups in total. The van der Waals surface area contributed by atoms with Gasteiger partial charge in [0.15, 0.2) is 12.4 Å². The van der Waals surface area contributed by atoms with E-state index < -0.39 is 5.97 Å². The van der Waals surface area contributed by atoms with Gasteiger partial charge in [-0.05, 0) is 57.4 Å². The Morgan fingerprint density at radius 2 is 1.86 bits per heavy atom. The first kappa shape index (κ1) is 26.8. The molecule has 0 saturated carbocycles. The standard InChI is InChI=1S/C26H33N3O7/c1-5-22(21-15-23-27-24(33-6-2)16-25(30)29(23)28-21)36-20-11-9-19(10-12-20)26(31)34-14-8-7-13-32-17-35-18(3)4/h9-12,15-16,22,28H,3,5-8,13-14,17H2,1-2,4H3. The number of rotatable bonds is 15. The third kappa shape index (κ3) is 7.61. The number of nitrogens with one attached hydrogen (secondary N) is 1. The molecule has 0 aliphatic carbocycles. The van der Waals surface area contributed by atoms with E-state index in [1.807, 2.05) is 13.8 Å². The van der Waals surface area contributed by atoms with Crippen LogP contribution in [0.1, 0.15) is 62.2 Å². The smallest absolute Gasteiger partial charge is 0.338 e. The molecule has 10 heteroatoms. The molecule has 194 valence electrons. The van der Waals surface area contributed by atoms with Gasteiger partial charge in [-0.1, -0.05) is 13.5 Å². The van der Waals surface area contributed by atoms with Gasteiger partial charge in [-0.2, -0.15) is 4.98 Å². The number of carbonyl (C=O) groups excluding carboxylic acids is 1. The molecular weight excluding hydrogens is 466 g/mol. The zero-order chi connectivity index (χ0) is 25.9. The molecule has 1 atom stereocenters. The molecule has 3 aromatic rings. The maximum absolute atomic E-state index is 12.3. The minimum absolute atomic E-state index is 0.174. The van der Waals surface area contributed by atoms with Crippen LogP contribution in [-0.2, 0) is 14.2 Å². The van der Waals surface area contributed by atoms with Crippen LogP contribution >= 0.6 is 0 Å². The quantitative estimate of drug-likeness (QED) is 0.142. The molecule has 0 spiro atoms. The van der Waals surface area contributed by atoms with E-state index in [1.165, 1.54) is 10.6 Å². The van der Waals surface area contributed by atoms with Crippen molar-refractivity contribution >= 4 is 11.6 Å². The van der Waals surface area contributed by atoms with E-state index in [-0.39, 0.29) is 24.3 Å². The predicted octanol–water partition coefficient (Wildman–Crippen LogP) is 4.41. The first-order valence-corrected chi connectivity index (χ1v) is 12.0. The Balaban J connectivity index is 1.51. The van der Waals surface area contributed by atoms with Crippen LogP contribution in [0.5, 0.6) is 11.6 Å². The fourth-order valence-corrected chi connectivity index (χ4v) is 3.33. The van der Waals surface area contributed by atoms with Gasteiger partial charge in [-0.15, -0.1) is 0 Å². The highest BCUT2D eigenvalue weighted by atomic mass is 16.7. The number of aromatic nitrogens is 3. The van der Waals surface area contributed by atoms with Crippen LogP contribution in [0, 0.1) is 0 Å². The van der Waals surface area contributed by atoms with Crippen LogP contribution in [0.15, 0.2) is 53.5 Å². The number of H-pyrrole nitrogens is 1. The van der Waals surface area contributed by atoms with Crippen molar-refractivity contribution in [2.75, 3.05) is 26.6 Å². The molecule has 2 aromatic heterocycles. The third-order valence-electron chi connectivity index (χ3n) is 5.13. The van der Waals surface area contributed by atoms with Gasteiger partial charge in [0.25, 0.3) is 5.56 Å². The molecule has 36 heavy (non-hydrogen) atoms. The normalized spacial score (nSPS) is 11.8. The Hall–Kier alpha value is -3.79. The van der Waals surface area contributed by atoms with Crippen LogP contribution < -0.4 is 15.0 Å². The molecule has 0 fully saturated rings. The molecule has 0 aliphatic rings. The van der Waals surface area contributed by atoms with E-state index in [0.717, 1.165) is 6.42 Å². The van der Waals surface area contributed by atoms with Gasteiger partial charge in [0.1, 0.15) is 11.9 Å². The fraction of sp³-hybridized carbons (Fsp3) is 0.423. The number of nitrogens with zero attached hydrogens (tertiary/aromatic N) is 2. The van der Waals surface area contributed by atoms with Crippen molar-refractivity contribution in [3.63, 3.8) is 0 Å². The SMILES string of the molecule is C=C(C)OCOCCCCOC(=O)c1ccc(OC(CC)c2cc3nc(OCC)cc(=O)n3[nH]2)cc1. The van der Waals surface area contributed by atoms with Crippen LogP contribution in [0.4, 0.5) is 0 Å². The topological polar surface area (TPSA) is 113 Å². The minimum Gasteiger partial charge on any atom is -0.484 e. The Bertz CT molecular complexity index is 1200. The number of hydrogen-bond donors (Lipinski definition) is 1. The van der Waals surface area contributed by atoms with E-state index in [2.05, 4.69) is 16.7 Å². The molecule has 0 amide bonds. The Labute approximate surface area is 209 Å². The second-order valence-electron chi connectivity index (χ2n) is 8.03. The number of fused-ring (bicyclic) bond motifs is 1. The number of esters is 1. The molecule has 0 bridgehead atoms. The Morgan fingerprint density at radius 1 is 1.11 bits per heavy atom. The first-order chi connectivity index (χ1) is 17.4. The van der Waals surface area contributed by atoms with E-state index >= 15 is 0 Å². The second-order valence-corrected chi connectivity index (χ2v) is 8.03. The van der Waals surface area contributed by atoms with Gasteiger partial charge in [0.2, 0.25) is 5.88 Å². The van der Waals surface area contributed by atoms with Crippen molar-refractivity contribution in [3.8, 4) is 11.6 Å². The summed E-state index contributed by atoms with van der Waals surface area (Å²) in [6.45, 7) is 10.6. The number of benzene rings is 1. The lowest BCUT2D eigenvalue weighted by Gasteiger charge is -2.16. The van der Waals surface area contributed by atoms with Crippen molar-refractivity contribution < 1.29 is 28.5 Å². The molecule has 10 nitrogen and oxygen atoms in total. The van der Waals surface area contributed by atoms with E-state index in [0.29, 0.717) is 61.1 Å². The highest BCUT2D eigenvalue weighted by Gasteiger charge is 2.17. The number of hydrogen-bond acceptors (Lipinski definition) is 8. The van der Waals surface area contributed by atoms with Gasteiger partial charge in [-0.3, -0.25) is 9.89 Å². The van der Waals surface area contributed by atoms with Gasteiger partial charge in [-0.25, -0.2) is 9.31 Å². The number of allylic oxidation sites excluding steroid dienone is 1. The summed E-state index contributed by atoms with van der Waals surface area (Å²) in [6.07, 6.45) is 1.74. The summed E-state index contributed by atoms with van der Waals surface area (Å²) in [5.41, 5.74) is 1.32. The average molecular weight is 500 g/mol. The average Bonchev–Trinajstić information content (AvgIpc) is 3.29. The largest absolute Gasteiger partial charge is 0.484 e. The van der Waals surface area contributed by atoms with Gasteiger partial charge in [0, 0.05) is 6.07 Å². The summed E-state index contributed by atoms with van der Waals surface area (Å²) in [6, 6.07) is 9.86. The molecule has 2 heterocycles. The zero-order valence-corrected chi connectivity index (χ0v) is 21.0. The molecule has 0 aliphatic heterocycles. The van der Waals surface area contributed by atoms with Crippen molar-refractivity contribution in [2.45, 2.75) is 46.1 Å². The van der Waals surface area contributed by atoms with E-state index in [9.17, 15) is 9.59 Å². The maximum atomic E-state index is 12.3. The molecule has 0 saturated heterocycles. The maximum Gasteiger partial charge on any atom is 0.338 e. The van der Waals surface area contributed by atoms with E-state index in [1.54, 1.807) is 37.3 Å². The molecule has 1 unspecified atom stereocenters. The summed E-state index contributed by atoms with van der Waals surface area (Å²) < 4.78 is 28.5. The summed E-state index contributed by atoms with van der Waals surface area (Å²) in [5.74, 6) is 1.08. The summed E-state index contributed by atoms with van der Waals surface area (Å²) in [4.78, 5) is 29.0. The predicted molar refractivity (Wildman–Crippen MR) is 133 cm³/mol. The monoisotopic (exact) mass is 499 g/mol. The van der Waals surface area contributed by atoms with Crippen molar-refractivity contribution in [1.82, 2.24) is 14.6 Å². The van der Waals surface area contributed by atoms with E-state index in [4.69, 9.17) is 23.7 Å². The van der Waals surface area contributed by atoms with Crippen molar-refractivity contribution in [1.29, 1.82) is 0 Å². The fourth-order valence-electron chi connectivity index (χ4n) is 3.33. The van der Waals surface area contributed by atoms with Crippen molar-refractivity contribution in [3.05, 3.63) is 70.3 Å². The summed E-state index contributed by atoms with van der Waals surface area (Å²) >= 11 is 0. The van der Waals surface area contributed by atoms with Gasteiger partial charge < -0.3 is 23.7 Å². The Kier molecular flexibility index (Phi) is 9.93. The minimum atomic E-state index is -0.397. The molecule has 1 aromatic carbocycles. The molecular formula is C26H33N3O7. The second kappa shape index (κ2) is 13.3. The van der Waals surface area contributed by atoms with Gasteiger partial charge in [0.05, 0.1) is 42.9 Å². The summed E-state index contributed by atoms with van der Waals surface area (Å²) in [5, 5.41) is 3.05. The zero-order valence-electron chi connectivity index (χ0n) is 21.0. The van der Waals surface area contributed by atoms with Crippen LogP contribution in [0.25, 0.3) is 5.65 Å². The molecule has 3 rings (SSSR count).